The van der Waals surface area contributed by atoms with Crippen molar-refractivity contribution in [3.63, 3.8) is 0 Å². The molecule has 0 saturated heterocycles. The maximum absolute atomic E-state index is 11.9. The predicted molar refractivity (Wildman–Crippen MR) is 76.1 cm³/mol. The van der Waals surface area contributed by atoms with Gasteiger partial charge >= 0.3 is 5.88 Å². The summed E-state index contributed by atoms with van der Waals surface area (Å²) in [5.41, 5.74) is 0.734. The van der Waals surface area contributed by atoms with Crippen molar-refractivity contribution in [3.05, 3.63) is 51.8 Å². The summed E-state index contributed by atoms with van der Waals surface area (Å²) in [5.74, 6) is 0.0380. The van der Waals surface area contributed by atoms with Gasteiger partial charge in [0.15, 0.2) is 5.76 Å². The molecule has 0 fully saturated rings. The Hall–Kier alpha value is -3.03. The first-order chi connectivity index (χ1) is 10.5. The molecule has 0 spiro atoms. The van der Waals surface area contributed by atoms with Gasteiger partial charge in [0.05, 0.1) is 20.3 Å². The van der Waals surface area contributed by atoms with Crippen LogP contribution in [0.1, 0.15) is 16.1 Å². The molecule has 1 N–H and O–H groups in total. The van der Waals surface area contributed by atoms with Crippen LogP contribution in [0.2, 0.25) is 0 Å². The van der Waals surface area contributed by atoms with E-state index >= 15 is 0 Å². The quantitative estimate of drug-likeness (QED) is 0.647. The first-order valence-electron chi connectivity index (χ1n) is 6.28. The Kier molecular flexibility index (Phi) is 4.62. The molecule has 0 atom stereocenters. The topological polar surface area (TPSA) is 104 Å². The number of amides is 1. The summed E-state index contributed by atoms with van der Waals surface area (Å²) in [7, 11) is 3.05. The highest BCUT2D eigenvalue weighted by Gasteiger charge is 2.17. The van der Waals surface area contributed by atoms with Crippen molar-refractivity contribution >= 4 is 11.8 Å². The van der Waals surface area contributed by atoms with Crippen LogP contribution in [0.3, 0.4) is 0 Å². The number of ether oxygens (including phenoxy) is 2. The van der Waals surface area contributed by atoms with Gasteiger partial charge in [-0.1, -0.05) is 0 Å². The Labute approximate surface area is 125 Å². The summed E-state index contributed by atoms with van der Waals surface area (Å²) < 4.78 is 15.1. The summed E-state index contributed by atoms with van der Waals surface area (Å²) in [5, 5.41) is 13.1. The third-order valence-corrected chi connectivity index (χ3v) is 2.93. The molecule has 22 heavy (non-hydrogen) atoms. The Morgan fingerprint density at radius 1 is 1.27 bits per heavy atom. The second kappa shape index (κ2) is 6.61. The van der Waals surface area contributed by atoms with Crippen LogP contribution >= 0.6 is 0 Å². The molecule has 1 aromatic carbocycles. The second-order valence-corrected chi connectivity index (χ2v) is 4.26. The Balaban J connectivity index is 2.05. The van der Waals surface area contributed by atoms with E-state index in [-0.39, 0.29) is 12.3 Å². The summed E-state index contributed by atoms with van der Waals surface area (Å²) in [6.45, 7) is 0.181. The van der Waals surface area contributed by atoms with Crippen LogP contribution in [0.15, 0.2) is 34.7 Å². The van der Waals surface area contributed by atoms with Gasteiger partial charge in [-0.15, -0.1) is 0 Å². The van der Waals surface area contributed by atoms with Gasteiger partial charge in [-0.05, 0) is 18.2 Å². The number of carbonyl (C=O) groups excluding carboxylic acids is 1. The third kappa shape index (κ3) is 3.35. The van der Waals surface area contributed by atoms with Gasteiger partial charge in [0.1, 0.15) is 16.4 Å². The van der Waals surface area contributed by atoms with Gasteiger partial charge in [-0.2, -0.15) is 0 Å². The van der Waals surface area contributed by atoms with E-state index < -0.39 is 16.7 Å². The molecule has 0 aliphatic rings. The van der Waals surface area contributed by atoms with E-state index in [1.54, 1.807) is 25.3 Å². The number of carbonyl (C=O) groups is 1. The first kappa shape index (κ1) is 15.4. The average Bonchev–Trinajstić information content (AvgIpc) is 3.02. The molecule has 8 nitrogen and oxygen atoms in total. The number of rotatable bonds is 6. The molecular weight excluding hydrogens is 292 g/mol. The van der Waals surface area contributed by atoms with Crippen molar-refractivity contribution in [2.45, 2.75) is 6.54 Å². The average molecular weight is 306 g/mol. The molecular formula is C14H14N2O6. The summed E-state index contributed by atoms with van der Waals surface area (Å²) in [4.78, 5) is 21.7. The Morgan fingerprint density at radius 2 is 2.05 bits per heavy atom. The molecule has 2 aromatic rings. The highest BCUT2D eigenvalue weighted by atomic mass is 16.6. The zero-order chi connectivity index (χ0) is 16.1. The summed E-state index contributed by atoms with van der Waals surface area (Å²) >= 11 is 0. The number of nitrogens with zero attached hydrogens (tertiary/aromatic N) is 1. The van der Waals surface area contributed by atoms with Crippen molar-refractivity contribution in [2.24, 2.45) is 0 Å². The molecule has 1 amide bonds. The fourth-order valence-electron chi connectivity index (χ4n) is 1.81. The molecule has 0 aliphatic heterocycles. The number of nitro groups is 1. The molecule has 2 rings (SSSR count). The highest BCUT2D eigenvalue weighted by molar-refractivity contribution is 5.91. The van der Waals surface area contributed by atoms with Crippen LogP contribution < -0.4 is 14.8 Å². The fraction of sp³-hybridized carbons (Fsp3) is 0.214. The van der Waals surface area contributed by atoms with Gasteiger partial charge in [0.25, 0.3) is 5.91 Å². The summed E-state index contributed by atoms with van der Waals surface area (Å²) in [6.07, 6.45) is 0. The van der Waals surface area contributed by atoms with E-state index in [9.17, 15) is 14.9 Å². The number of furan rings is 1. The van der Waals surface area contributed by atoms with E-state index in [0.29, 0.717) is 11.5 Å². The van der Waals surface area contributed by atoms with Crippen molar-refractivity contribution in [2.75, 3.05) is 14.2 Å². The predicted octanol–water partition coefficient (Wildman–Crippen LogP) is 2.13. The van der Waals surface area contributed by atoms with Crippen LogP contribution in [-0.4, -0.2) is 25.1 Å². The minimum Gasteiger partial charge on any atom is -0.497 e. The van der Waals surface area contributed by atoms with E-state index in [1.165, 1.54) is 13.2 Å². The lowest BCUT2D eigenvalue weighted by molar-refractivity contribution is -0.402. The van der Waals surface area contributed by atoms with Crippen molar-refractivity contribution in [1.82, 2.24) is 5.32 Å². The van der Waals surface area contributed by atoms with E-state index in [4.69, 9.17) is 13.9 Å². The fourth-order valence-corrected chi connectivity index (χ4v) is 1.81. The van der Waals surface area contributed by atoms with Crippen molar-refractivity contribution in [3.8, 4) is 11.5 Å². The highest BCUT2D eigenvalue weighted by Crippen LogP contribution is 2.24. The zero-order valence-electron chi connectivity index (χ0n) is 12.0. The van der Waals surface area contributed by atoms with Crippen LogP contribution in [0.5, 0.6) is 11.5 Å². The summed E-state index contributed by atoms with van der Waals surface area (Å²) in [6, 6.07) is 7.56. The van der Waals surface area contributed by atoms with Gasteiger partial charge in [-0.3, -0.25) is 14.9 Å². The molecule has 116 valence electrons. The van der Waals surface area contributed by atoms with Gasteiger partial charge < -0.3 is 19.2 Å². The van der Waals surface area contributed by atoms with E-state index in [2.05, 4.69) is 5.32 Å². The maximum atomic E-state index is 11.9. The first-order valence-corrected chi connectivity index (χ1v) is 6.28. The number of hydrogen-bond acceptors (Lipinski definition) is 6. The molecule has 0 bridgehead atoms. The monoisotopic (exact) mass is 306 g/mol. The molecule has 0 saturated carbocycles. The Morgan fingerprint density at radius 3 is 2.64 bits per heavy atom. The number of benzene rings is 1. The molecule has 0 unspecified atom stereocenters. The van der Waals surface area contributed by atoms with Crippen LogP contribution in [0.4, 0.5) is 5.88 Å². The number of methoxy groups -OCH3 is 2. The van der Waals surface area contributed by atoms with Crippen LogP contribution in [0, 0.1) is 10.1 Å². The molecule has 8 heteroatoms. The van der Waals surface area contributed by atoms with Crippen molar-refractivity contribution in [1.29, 1.82) is 0 Å². The molecule has 0 aliphatic carbocycles. The van der Waals surface area contributed by atoms with Crippen LogP contribution in [0.25, 0.3) is 0 Å². The van der Waals surface area contributed by atoms with E-state index in [0.717, 1.165) is 11.6 Å². The van der Waals surface area contributed by atoms with E-state index in [1.807, 2.05) is 0 Å². The van der Waals surface area contributed by atoms with Gasteiger partial charge in [0.2, 0.25) is 0 Å². The number of nitrogens with one attached hydrogen (secondary N) is 1. The molecule has 1 heterocycles. The zero-order valence-corrected chi connectivity index (χ0v) is 12.0. The lowest BCUT2D eigenvalue weighted by Crippen LogP contribution is -2.22. The largest absolute Gasteiger partial charge is 0.497 e. The minimum absolute atomic E-state index is 0.126. The van der Waals surface area contributed by atoms with Gasteiger partial charge in [-0.25, -0.2) is 0 Å². The normalized spacial score (nSPS) is 10.1. The van der Waals surface area contributed by atoms with Crippen LogP contribution in [-0.2, 0) is 6.54 Å². The lowest BCUT2D eigenvalue weighted by atomic mass is 10.2. The number of hydrogen-bond donors (Lipinski definition) is 1. The molecule has 0 radical (unpaired) electrons. The van der Waals surface area contributed by atoms with Gasteiger partial charge in [0, 0.05) is 18.2 Å². The SMILES string of the molecule is COc1ccc(CNC(=O)c2ccc([N+](=O)[O-])o2)c(OC)c1. The maximum Gasteiger partial charge on any atom is 0.433 e. The van der Waals surface area contributed by atoms with Crippen molar-refractivity contribution < 1.29 is 23.6 Å². The second-order valence-electron chi connectivity index (χ2n) is 4.26. The smallest absolute Gasteiger partial charge is 0.433 e. The Bertz CT molecular complexity index is 694. The third-order valence-electron chi connectivity index (χ3n) is 2.93. The standard InChI is InChI=1S/C14H14N2O6/c1-20-10-4-3-9(12(7-10)21-2)8-15-14(17)11-5-6-13(22-11)16(18)19/h3-7H,8H2,1-2H3,(H,15,17). The molecule has 1 aromatic heterocycles. The minimum atomic E-state index is -0.705. The lowest BCUT2D eigenvalue weighted by Gasteiger charge is -2.10.